The number of aromatic nitrogens is 2. The van der Waals surface area contributed by atoms with Gasteiger partial charge in [-0.05, 0) is 44.7 Å². The second-order valence-corrected chi connectivity index (χ2v) is 7.70. The van der Waals surface area contributed by atoms with Crippen LogP contribution < -0.4 is 5.73 Å². The molecule has 3 rings (SSSR count). The smallest absolute Gasteiger partial charge is 0.249 e. The number of nitrogens with zero attached hydrogens (tertiary/aromatic N) is 3. The molecule has 1 fully saturated rings. The van der Waals surface area contributed by atoms with Crippen LogP contribution >= 0.6 is 0 Å². The Bertz CT molecular complexity index is 897. The van der Waals surface area contributed by atoms with Crippen LogP contribution in [0.5, 0.6) is 0 Å². The van der Waals surface area contributed by atoms with E-state index in [0.29, 0.717) is 25.5 Å². The molecule has 0 saturated carbocycles. The average Bonchev–Trinajstić information content (AvgIpc) is 3.28. The van der Waals surface area contributed by atoms with E-state index in [1.165, 1.54) is 18.7 Å². The zero-order valence-corrected chi connectivity index (χ0v) is 16.1. The summed E-state index contributed by atoms with van der Waals surface area (Å²) in [4.78, 5) is 18.3. The molecule has 1 saturated heterocycles. The van der Waals surface area contributed by atoms with Gasteiger partial charge in [0.15, 0.2) is 17.3 Å². The van der Waals surface area contributed by atoms with Gasteiger partial charge in [-0.1, -0.05) is 5.16 Å². The highest BCUT2D eigenvalue weighted by atomic mass is 19.2. The third-order valence-corrected chi connectivity index (χ3v) is 4.84. The molecule has 0 bridgehead atoms. The molecule has 0 radical (unpaired) electrons. The van der Waals surface area contributed by atoms with Crippen LogP contribution in [0.3, 0.4) is 0 Å². The van der Waals surface area contributed by atoms with Crippen LogP contribution in [0.25, 0.3) is 0 Å². The van der Waals surface area contributed by atoms with Crippen LogP contribution in [-0.4, -0.2) is 33.5 Å². The summed E-state index contributed by atoms with van der Waals surface area (Å²) in [5, 5.41) is 3.64. The van der Waals surface area contributed by atoms with Crippen LogP contribution in [-0.2, 0) is 16.9 Å². The molecule has 6 nitrogen and oxygen atoms in total. The number of hydrogen-bond acceptors (Lipinski definition) is 5. The number of amides is 1. The van der Waals surface area contributed by atoms with Gasteiger partial charge in [0.1, 0.15) is 11.9 Å². The van der Waals surface area contributed by atoms with Crippen LogP contribution in [0, 0.1) is 17.5 Å². The average molecular weight is 414 g/mol. The molecule has 0 unspecified atom stereocenters. The summed E-state index contributed by atoms with van der Waals surface area (Å²) in [6.45, 7) is 3.04. The second kappa shape index (κ2) is 8.10. The summed E-state index contributed by atoms with van der Waals surface area (Å²) >= 11 is 0. The van der Waals surface area contributed by atoms with Gasteiger partial charge in [0.2, 0.25) is 17.6 Å². The molecule has 2 aromatic rings. The zero-order valence-electron chi connectivity index (χ0n) is 16.1. The van der Waals surface area contributed by atoms with Gasteiger partial charge in [0.05, 0.1) is 0 Å². The second-order valence-electron chi connectivity index (χ2n) is 7.70. The van der Waals surface area contributed by atoms with Crippen molar-refractivity contribution >= 4 is 5.91 Å². The Morgan fingerprint density at radius 3 is 2.66 bits per heavy atom. The van der Waals surface area contributed by atoms with E-state index in [1.807, 2.05) is 0 Å². The van der Waals surface area contributed by atoms with Gasteiger partial charge >= 0.3 is 0 Å². The molecule has 0 spiro atoms. The molecular weight excluding hydrogens is 392 g/mol. The van der Waals surface area contributed by atoms with Crippen molar-refractivity contribution in [3.05, 3.63) is 46.9 Å². The van der Waals surface area contributed by atoms with Crippen LogP contribution in [0.1, 0.15) is 56.4 Å². The van der Waals surface area contributed by atoms with E-state index in [-0.39, 0.29) is 36.0 Å². The first-order chi connectivity index (χ1) is 13.6. The minimum absolute atomic E-state index is 0.0997. The van der Waals surface area contributed by atoms with Crippen molar-refractivity contribution in [1.82, 2.24) is 15.0 Å². The largest absolute Gasteiger partial charge is 0.337 e. The van der Waals surface area contributed by atoms with Crippen LogP contribution in [0.4, 0.5) is 17.6 Å². The maximum atomic E-state index is 14.0. The molecule has 2 heterocycles. The summed E-state index contributed by atoms with van der Waals surface area (Å²) < 4.78 is 59.3. The minimum atomic E-state index is -1.77. The molecule has 0 aliphatic carbocycles. The Hall–Kier alpha value is -2.49. The first-order valence-corrected chi connectivity index (χ1v) is 9.27. The number of alkyl halides is 1. The van der Waals surface area contributed by atoms with Crippen molar-refractivity contribution in [3.8, 4) is 0 Å². The minimum Gasteiger partial charge on any atom is -0.337 e. The van der Waals surface area contributed by atoms with E-state index in [0.717, 1.165) is 6.07 Å². The molecule has 1 aliphatic heterocycles. The SMILES string of the molecule is CC(C)(F)c1noc([C@@H]2CCCN2C(=O)C[C@H](N)Cc2cc(F)c(F)cc2F)n1. The van der Waals surface area contributed by atoms with Crippen molar-refractivity contribution in [2.45, 2.75) is 57.3 Å². The molecule has 2 N–H and O–H groups in total. The monoisotopic (exact) mass is 414 g/mol. The summed E-state index contributed by atoms with van der Waals surface area (Å²) in [6, 6.07) is -0.0916. The van der Waals surface area contributed by atoms with Gasteiger partial charge in [0.25, 0.3) is 0 Å². The fourth-order valence-corrected chi connectivity index (χ4v) is 3.35. The van der Waals surface area contributed by atoms with E-state index in [4.69, 9.17) is 10.3 Å². The lowest BCUT2D eigenvalue weighted by atomic mass is 10.0. The first-order valence-electron chi connectivity index (χ1n) is 9.27. The van der Waals surface area contributed by atoms with Gasteiger partial charge in [-0.15, -0.1) is 0 Å². The van der Waals surface area contributed by atoms with E-state index in [1.54, 1.807) is 0 Å². The first kappa shape index (κ1) is 21.2. The molecule has 29 heavy (non-hydrogen) atoms. The van der Waals surface area contributed by atoms with E-state index in [9.17, 15) is 22.4 Å². The highest BCUT2D eigenvalue weighted by Crippen LogP contribution is 2.33. The standard InChI is InChI=1S/C19H22F4N4O2/c1-19(2,23)18-25-17(29-26-18)15-4-3-5-27(15)16(28)8-11(24)6-10-7-13(21)14(22)9-12(10)20/h7,9,11,15H,3-6,8,24H2,1-2H3/t11-,15+/m1/s1. The molecular formula is C19H22F4N4O2. The summed E-state index contributed by atoms with van der Waals surface area (Å²) in [5.41, 5.74) is 4.07. The van der Waals surface area contributed by atoms with Gasteiger partial charge in [-0.25, -0.2) is 17.6 Å². The summed E-state index contributed by atoms with van der Waals surface area (Å²) in [5.74, 6) is -3.65. The number of benzene rings is 1. The molecule has 1 aromatic heterocycles. The fraction of sp³-hybridized carbons (Fsp3) is 0.526. The summed E-state index contributed by atoms with van der Waals surface area (Å²) in [7, 11) is 0. The Labute approximate surface area is 165 Å². The number of rotatable bonds is 6. The van der Waals surface area contributed by atoms with Gasteiger partial charge in [-0.3, -0.25) is 4.79 Å². The number of hydrogen-bond donors (Lipinski definition) is 1. The van der Waals surface area contributed by atoms with Crippen LogP contribution in [0.2, 0.25) is 0 Å². The molecule has 1 aliphatic rings. The molecule has 1 amide bonds. The van der Waals surface area contributed by atoms with Gasteiger partial charge in [-0.2, -0.15) is 4.98 Å². The topological polar surface area (TPSA) is 85.2 Å². The number of likely N-dealkylation sites (tertiary alicyclic amines) is 1. The predicted molar refractivity (Wildman–Crippen MR) is 94.7 cm³/mol. The van der Waals surface area contributed by atoms with E-state index >= 15 is 0 Å². The maximum absolute atomic E-state index is 14.0. The van der Waals surface area contributed by atoms with Crippen molar-refractivity contribution in [2.24, 2.45) is 5.73 Å². The molecule has 158 valence electrons. The van der Waals surface area contributed by atoms with Crippen LogP contribution in [0.15, 0.2) is 16.7 Å². The lowest BCUT2D eigenvalue weighted by molar-refractivity contribution is -0.132. The van der Waals surface area contributed by atoms with Crippen molar-refractivity contribution in [1.29, 1.82) is 0 Å². The lowest BCUT2D eigenvalue weighted by Gasteiger charge is -2.23. The highest BCUT2D eigenvalue weighted by Gasteiger charge is 2.36. The number of nitrogens with two attached hydrogens (primary N) is 1. The number of halogens is 4. The normalized spacial score (nSPS) is 18.3. The Morgan fingerprint density at radius 1 is 1.31 bits per heavy atom. The van der Waals surface area contributed by atoms with E-state index < -0.39 is 35.2 Å². The van der Waals surface area contributed by atoms with Crippen molar-refractivity contribution in [3.63, 3.8) is 0 Å². The third-order valence-electron chi connectivity index (χ3n) is 4.84. The molecule has 2 atom stereocenters. The number of carbonyl (C=O) groups is 1. The number of carbonyl (C=O) groups excluding carboxylic acids is 1. The Balaban J connectivity index is 1.66. The van der Waals surface area contributed by atoms with E-state index in [2.05, 4.69) is 10.1 Å². The quantitative estimate of drug-likeness (QED) is 0.579. The fourth-order valence-electron chi connectivity index (χ4n) is 3.35. The predicted octanol–water partition coefficient (Wildman–Crippen LogP) is 3.32. The molecule has 10 heteroatoms. The summed E-state index contributed by atoms with van der Waals surface area (Å²) in [6.07, 6.45) is 1.01. The maximum Gasteiger partial charge on any atom is 0.249 e. The van der Waals surface area contributed by atoms with Crippen molar-refractivity contribution in [2.75, 3.05) is 6.54 Å². The highest BCUT2D eigenvalue weighted by molar-refractivity contribution is 5.77. The van der Waals surface area contributed by atoms with Crippen molar-refractivity contribution < 1.29 is 26.9 Å². The third kappa shape index (κ3) is 4.75. The van der Waals surface area contributed by atoms with Gasteiger partial charge in [0, 0.05) is 25.1 Å². The Kier molecular flexibility index (Phi) is 5.92. The molecule has 1 aromatic carbocycles. The lowest BCUT2D eigenvalue weighted by Crippen LogP contribution is -2.36. The van der Waals surface area contributed by atoms with Gasteiger partial charge < -0.3 is 15.2 Å². The Morgan fingerprint density at radius 2 is 2.00 bits per heavy atom. The zero-order chi connectivity index (χ0) is 21.3.